The minimum atomic E-state index is -2.95. The molecule has 1 N–H and O–H groups in total. The van der Waals surface area contributed by atoms with Crippen LogP contribution in [0.2, 0.25) is 0 Å². The number of sulfone groups is 1. The molecule has 2 aromatic rings. The van der Waals surface area contributed by atoms with Crippen LogP contribution in [0.1, 0.15) is 6.42 Å². The van der Waals surface area contributed by atoms with Crippen LogP contribution in [0, 0.1) is 16.0 Å². The fourth-order valence-corrected chi connectivity index (χ4v) is 4.41. The second-order valence-corrected chi connectivity index (χ2v) is 7.35. The molecule has 0 amide bonds. The predicted octanol–water partition coefficient (Wildman–Crippen LogP) is 1.09. The Hall–Kier alpha value is -2.16. The molecular formula is C12H14N4O4S. The van der Waals surface area contributed by atoms with E-state index in [1.165, 1.54) is 4.40 Å². The summed E-state index contributed by atoms with van der Waals surface area (Å²) in [6.07, 6.45) is 2.15. The molecule has 1 fully saturated rings. The van der Waals surface area contributed by atoms with E-state index < -0.39 is 14.8 Å². The minimum Gasteiger partial charge on any atom is -0.363 e. The Kier molecular flexibility index (Phi) is 3.28. The van der Waals surface area contributed by atoms with Gasteiger partial charge in [0.25, 0.3) is 0 Å². The third-order valence-corrected chi connectivity index (χ3v) is 5.40. The fraction of sp³-hybridized carbons (Fsp3) is 0.417. The van der Waals surface area contributed by atoms with E-state index in [0.717, 1.165) is 0 Å². The first-order valence-electron chi connectivity index (χ1n) is 6.52. The first kappa shape index (κ1) is 13.8. The van der Waals surface area contributed by atoms with E-state index in [0.29, 0.717) is 18.6 Å². The number of anilines is 1. The largest absolute Gasteiger partial charge is 0.372 e. The van der Waals surface area contributed by atoms with Crippen LogP contribution in [0.25, 0.3) is 5.65 Å². The number of fused-ring (bicyclic) bond motifs is 1. The molecule has 112 valence electrons. The van der Waals surface area contributed by atoms with Gasteiger partial charge in [-0.05, 0) is 23.3 Å². The minimum absolute atomic E-state index is 0.0283. The summed E-state index contributed by atoms with van der Waals surface area (Å²) in [5.41, 5.74) is 0.478. The lowest BCUT2D eigenvalue weighted by Crippen LogP contribution is -2.16. The number of hydrogen-bond acceptors (Lipinski definition) is 6. The van der Waals surface area contributed by atoms with Gasteiger partial charge in [0.1, 0.15) is 0 Å². The van der Waals surface area contributed by atoms with Gasteiger partial charge in [0, 0.05) is 12.6 Å². The van der Waals surface area contributed by atoms with Crippen molar-refractivity contribution < 1.29 is 13.3 Å². The molecule has 3 heterocycles. The SMILES string of the molecule is O=[N+]([O-])c1c(NCC2CCS(=O)(=O)C2)nc2ccccn12. The Morgan fingerprint density at radius 2 is 2.29 bits per heavy atom. The number of nitrogens with one attached hydrogen (secondary N) is 1. The molecule has 1 unspecified atom stereocenters. The zero-order valence-electron chi connectivity index (χ0n) is 11.1. The highest BCUT2D eigenvalue weighted by molar-refractivity contribution is 7.91. The Morgan fingerprint density at radius 1 is 1.48 bits per heavy atom. The molecule has 8 nitrogen and oxygen atoms in total. The Morgan fingerprint density at radius 3 is 2.95 bits per heavy atom. The number of nitro groups is 1. The second kappa shape index (κ2) is 4.99. The molecule has 21 heavy (non-hydrogen) atoms. The summed E-state index contributed by atoms with van der Waals surface area (Å²) < 4.78 is 24.2. The van der Waals surface area contributed by atoms with Crippen molar-refractivity contribution in [1.82, 2.24) is 9.38 Å². The molecule has 2 aromatic heterocycles. The number of hydrogen-bond donors (Lipinski definition) is 1. The molecule has 0 spiro atoms. The smallest absolute Gasteiger partial charge is 0.363 e. The monoisotopic (exact) mass is 310 g/mol. The van der Waals surface area contributed by atoms with Crippen molar-refractivity contribution in [2.24, 2.45) is 5.92 Å². The van der Waals surface area contributed by atoms with Crippen LogP contribution in [0.3, 0.4) is 0 Å². The summed E-state index contributed by atoms with van der Waals surface area (Å²) in [5.74, 6) is 0.328. The highest BCUT2D eigenvalue weighted by Gasteiger charge is 2.29. The van der Waals surface area contributed by atoms with Gasteiger partial charge in [-0.3, -0.25) is 0 Å². The van der Waals surface area contributed by atoms with Gasteiger partial charge < -0.3 is 15.4 Å². The Labute approximate surface area is 120 Å². The van der Waals surface area contributed by atoms with Crippen LogP contribution in [0.15, 0.2) is 24.4 Å². The maximum absolute atomic E-state index is 11.4. The third kappa shape index (κ3) is 2.68. The van der Waals surface area contributed by atoms with E-state index in [2.05, 4.69) is 10.3 Å². The molecule has 0 bridgehead atoms. The molecule has 0 aromatic carbocycles. The normalized spacial score (nSPS) is 20.7. The lowest BCUT2D eigenvalue weighted by Gasteiger charge is -2.08. The standard InChI is InChI=1S/C12H14N4O4S/c17-16(18)12-11(14-10-3-1-2-5-15(10)12)13-7-9-4-6-21(19,20)8-9/h1-3,5,9,13H,4,6-8H2. The van der Waals surface area contributed by atoms with Crippen LogP contribution in [0.5, 0.6) is 0 Å². The lowest BCUT2D eigenvalue weighted by molar-refractivity contribution is -0.389. The quantitative estimate of drug-likeness (QED) is 0.669. The molecule has 1 saturated heterocycles. The van der Waals surface area contributed by atoms with E-state index in [-0.39, 0.29) is 29.1 Å². The summed E-state index contributed by atoms with van der Waals surface area (Å²) in [6.45, 7) is 0.365. The molecule has 0 radical (unpaired) electrons. The lowest BCUT2D eigenvalue weighted by atomic mass is 10.1. The van der Waals surface area contributed by atoms with Crippen molar-refractivity contribution in [3.05, 3.63) is 34.5 Å². The molecule has 1 atom stereocenters. The highest BCUT2D eigenvalue weighted by Crippen LogP contribution is 2.26. The van der Waals surface area contributed by atoms with Crippen molar-refractivity contribution in [1.29, 1.82) is 0 Å². The van der Waals surface area contributed by atoms with E-state index >= 15 is 0 Å². The van der Waals surface area contributed by atoms with Crippen LogP contribution < -0.4 is 5.32 Å². The van der Waals surface area contributed by atoms with Crippen molar-refractivity contribution in [2.75, 3.05) is 23.4 Å². The highest BCUT2D eigenvalue weighted by atomic mass is 32.2. The fourth-order valence-electron chi connectivity index (χ4n) is 2.55. The number of rotatable bonds is 4. The first-order valence-corrected chi connectivity index (χ1v) is 8.34. The summed E-state index contributed by atoms with van der Waals surface area (Å²) in [7, 11) is -2.95. The van der Waals surface area contributed by atoms with E-state index in [1.807, 2.05) is 0 Å². The van der Waals surface area contributed by atoms with Gasteiger partial charge in [-0.1, -0.05) is 6.07 Å². The molecular weight excluding hydrogens is 296 g/mol. The van der Waals surface area contributed by atoms with E-state index in [9.17, 15) is 18.5 Å². The topological polar surface area (TPSA) is 107 Å². The van der Waals surface area contributed by atoms with Crippen molar-refractivity contribution in [3.63, 3.8) is 0 Å². The number of pyridine rings is 1. The van der Waals surface area contributed by atoms with Gasteiger partial charge in [-0.2, -0.15) is 9.38 Å². The maximum atomic E-state index is 11.4. The van der Waals surface area contributed by atoms with Gasteiger partial charge in [-0.25, -0.2) is 8.42 Å². The van der Waals surface area contributed by atoms with Crippen LogP contribution in [-0.4, -0.2) is 40.8 Å². The van der Waals surface area contributed by atoms with Gasteiger partial charge in [0.05, 0.1) is 17.7 Å². The molecule has 0 saturated carbocycles. The first-order chi connectivity index (χ1) is 9.96. The summed E-state index contributed by atoms with van der Waals surface area (Å²) >= 11 is 0. The van der Waals surface area contributed by atoms with Crippen LogP contribution >= 0.6 is 0 Å². The number of imidazole rings is 1. The Bertz CT molecular complexity index is 799. The summed E-state index contributed by atoms with van der Waals surface area (Å²) in [6, 6.07) is 5.12. The van der Waals surface area contributed by atoms with E-state index in [1.54, 1.807) is 24.4 Å². The molecule has 0 aliphatic carbocycles. The average Bonchev–Trinajstić information content (AvgIpc) is 2.95. The molecule has 1 aliphatic heterocycles. The zero-order chi connectivity index (χ0) is 15.0. The zero-order valence-corrected chi connectivity index (χ0v) is 11.9. The van der Waals surface area contributed by atoms with Gasteiger partial charge in [0.15, 0.2) is 9.84 Å². The third-order valence-electron chi connectivity index (χ3n) is 3.56. The van der Waals surface area contributed by atoms with Crippen LogP contribution in [0.4, 0.5) is 11.6 Å². The molecule has 9 heteroatoms. The number of nitrogens with zero attached hydrogens (tertiary/aromatic N) is 3. The Balaban J connectivity index is 1.84. The van der Waals surface area contributed by atoms with Gasteiger partial charge in [-0.15, -0.1) is 0 Å². The second-order valence-electron chi connectivity index (χ2n) is 5.12. The number of aromatic nitrogens is 2. The van der Waals surface area contributed by atoms with Crippen molar-refractivity contribution >= 4 is 27.1 Å². The van der Waals surface area contributed by atoms with Crippen molar-refractivity contribution in [2.45, 2.75) is 6.42 Å². The summed E-state index contributed by atoms with van der Waals surface area (Å²) in [5, 5.41) is 14.1. The van der Waals surface area contributed by atoms with Crippen molar-refractivity contribution in [3.8, 4) is 0 Å². The van der Waals surface area contributed by atoms with Gasteiger partial charge >= 0.3 is 5.82 Å². The van der Waals surface area contributed by atoms with E-state index in [4.69, 9.17) is 0 Å². The predicted molar refractivity (Wildman–Crippen MR) is 77.1 cm³/mol. The van der Waals surface area contributed by atoms with Crippen LogP contribution in [-0.2, 0) is 9.84 Å². The average molecular weight is 310 g/mol. The molecule has 3 rings (SSSR count). The van der Waals surface area contributed by atoms with Gasteiger partial charge in [0.2, 0.25) is 11.5 Å². The summed E-state index contributed by atoms with van der Waals surface area (Å²) in [4.78, 5) is 14.9. The maximum Gasteiger partial charge on any atom is 0.372 e. The molecule has 1 aliphatic rings.